The van der Waals surface area contributed by atoms with E-state index in [0.29, 0.717) is 5.56 Å². The van der Waals surface area contributed by atoms with Crippen molar-refractivity contribution in [1.29, 1.82) is 0 Å². The van der Waals surface area contributed by atoms with Gasteiger partial charge in [0.15, 0.2) is 11.8 Å². The third-order valence-corrected chi connectivity index (χ3v) is 3.33. The van der Waals surface area contributed by atoms with Crippen LogP contribution in [0, 0.1) is 0 Å². The van der Waals surface area contributed by atoms with Crippen molar-refractivity contribution in [1.82, 2.24) is 4.98 Å². The first-order valence-electron chi connectivity index (χ1n) is 7.18. The minimum absolute atomic E-state index is 0.0920. The lowest BCUT2D eigenvalue weighted by molar-refractivity contribution is -0.142. The second-order valence-electron chi connectivity index (χ2n) is 4.95. The van der Waals surface area contributed by atoms with Gasteiger partial charge in [0.05, 0.1) is 11.3 Å². The van der Waals surface area contributed by atoms with Gasteiger partial charge in [0.2, 0.25) is 0 Å². The van der Waals surface area contributed by atoms with Crippen LogP contribution < -0.4 is 5.32 Å². The average molecular weight is 385 g/mol. The van der Waals surface area contributed by atoms with Crippen molar-refractivity contribution < 1.29 is 27.5 Å². The van der Waals surface area contributed by atoms with Crippen LogP contribution in [0.2, 0.25) is 5.15 Å². The molecule has 0 fully saturated rings. The van der Waals surface area contributed by atoms with Gasteiger partial charge in [-0.25, -0.2) is 9.78 Å². The number of nitrogens with zero attached hydrogens (tertiary/aromatic N) is 1. The fourth-order valence-corrected chi connectivity index (χ4v) is 1.96. The molecule has 9 heteroatoms. The van der Waals surface area contributed by atoms with E-state index in [-0.39, 0.29) is 10.8 Å². The van der Waals surface area contributed by atoms with Crippen molar-refractivity contribution in [3.63, 3.8) is 0 Å². The second kappa shape index (κ2) is 8.48. The van der Waals surface area contributed by atoms with Gasteiger partial charge in [-0.3, -0.25) is 4.79 Å². The molecule has 0 saturated heterocycles. The Morgan fingerprint density at radius 2 is 1.88 bits per heavy atom. The minimum Gasteiger partial charge on any atom is -0.452 e. The van der Waals surface area contributed by atoms with E-state index in [4.69, 9.17) is 16.3 Å². The average Bonchev–Trinajstić information content (AvgIpc) is 2.60. The van der Waals surface area contributed by atoms with Crippen LogP contribution in [0.5, 0.6) is 0 Å². The summed E-state index contributed by atoms with van der Waals surface area (Å²) in [5, 5.41) is 2.51. The lowest BCUT2D eigenvalue weighted by Crippen LogP contribution is -2.20. The molecular formula is C17H12ClF3N2O3. The van der Waals surface area contributed by atoms with Gasteiger partial charge >= 0.3 is 12.1 Å². The summed E-state index contributed by atoms with van der Waals surface area (Å²) in [4.78, 5) is 27.0. The van der Waals surface area contributed by atoms with Gasteiger partial charge in [-0.15, -0.1) is 0 Å². The van der Waals surface area contributed by atoms with Crippen molar-refractivity contribution in [3.8, 4) is 0 Å². The van der Waals surface area contributed by atoms with Crippen molar-refractivity contribution >= 4 is 35.2 Å². The molecule has 1 aromatic heterocycles. The van der Waals surface area contributed by atoms with Crippen LogP contribution in [0.4, 0.5) is 18.9 Å². The van der Waals surface area contributed by atoms with Crippen molar-refractivity contribution in [2.75, 3.05) is 11.9 Å². The highest BCUT2D eigenvalue weighted by atomic mass is 35.5. The summed E-state index contributed by atoms with van der Waals surface area (Å²) < 4.78 is 42.1. The second-order valence-corrected chi connectivity index (χ2v) is 5.31. The molecule has 1 heterocycles. The zero-order valence-electron chi connectivity index (χ0n) is 13.1. The summed E-state index contributed by atoms with van der Waals surface area (Å²) in [6.07, 6.45) is -0.693. The number of hydrogen-bond donors (Lipinski definition) is 1. The number of halogens is 4. The maximum absolute atomic E-state index is 12.4. The van der Waals surface area contributed by atoms with Gasteiger partial charge < -0.3 is 10.1 Å². The van der Waals surface area contributed by atoms with E-state index in [1.54, 1.807) is 6.07 Å². The fourth-order valence-electron chi connectivity index (χ4n) is 1.80. The number of ether oxygens (including phenoxy) is 1. The Hall–Kier alpha value is -2.87. The quantitative estimate of drug-likeness (QED) is 0.481. The number of amides is 1. The van der Waals surface area contributed by atoms with E-state index < -0.39 is 30.2 Å². The minimum atomic E-state index is -4.42. The van der Waals surface area contributed by atoms with Crippen molar-refractivity contribution in [3.05, 3.63) is 65.0 Å². The molecule has 0 unspecified atom stereocenters. The van der Waals surface area contributed by atoms with Gasteiger partial charge in [-0.2, -0.15) is 13.2 Å². The Kier molecular flexibility index (Phi) is 6.35. The van der Waals surface area contributed by atoms with Gasteiger partial charge in [0, 0.05) is 12.3 Å². The Balaban J connectivity index is 1.83. The standard InChI is InChI=1S/C17H12ClF3N2O3/c18-16-13(2-1-9-22-16)23-14(24)10-26-15(25)8-5-11-3-6-12(7-4-11)17(19,20)21/h1-9H,10H2,(H,23,24)/b8-5+. The van der Waals surface area contributed by atoms with Crippen LogP contribution in [-0.2, 0) is 20.5 Å². The number of rotatable bonds is 5. The number of hydrogen-bond acceptors (Lipinski definition) is 4. The molecule has 0 aliphatic carbocycles. The smallest absolute Gasteiger partial charge is 0.416 e. The number of carbonyl (C=O) groups is 2. The Morgan fingerprint density at radius 3 is 2.50 bits per heavy atom. The maximum atomic E-state index is 12.4. The molecule has 0 radical (unpaired) electrons. The molecule has 2 rings (SSSR count). The first-order valence-corrected chi connectivity index (χ1v) is 7.56. The van der Waals surface area contributed by atoms with Crippen LogP contribution >= 0.6 is 11.6 Å². The molecule has 0 saturated carbocycles. The maximum Gasteiger partial charge on any atom is 0.416 e. The lowest BCUT2D eigenvalue weighted by atomic mass is 10.1. The van der Waals surface area contributed by atoms with Gasteiger partial charge in [-0.1, -0.05) is 23.7 Å². The van der Waals surface area contributed by atoms with Gasteiger partial charge in [0.25, 0.3) is 5.91 Å². The van der Waals surface area contributed by atoms with Crippen molar-refractivity contribution in [2.24, 2.45) is 0 Å². The molecule has 0 atom stereocenters. The van der Waals surface area contributed by atoms with E-state index >= 15 is 0 Å². The van der Waals surface area contributed by atoms with E-state index in [0.717, 1.165) is 18.2 Å². The summed E-state index contributed by atoms with van der Waals surface area (Å²) in [7, 11) is 0. The topological polar surface area (TPSA) is 68.3 Å². The van der Waals surface area contributed by atoms with Crippen LogP contribution in [0.3, 0.4) is 0 Å². The number of alkyl halides is 3. The van der Waals surface area contributed by atoms with Crippen LogP contribution in [0.15, 0.2) is 48.7 Å². The Bertz CT molecular complexity index is 821. The molecule has 2 aromatic rings. The van der Waals surface area contributed by atoms with Crippen molar-refractivity contribution in [2.45, 2.75) is 6.18 Å². The summed E-state index contributed by atoms with van der Waals surface area (Å²) in [6.45, 7) is -0.554. The molecule has 0 aliphatic heterocycles. The Morgan fingerprint density at radius 1 is 1.19 bits per heavy atom. The SMILES string of the molecule is O=C(COC(=O)/C=C/c1ccc(C(F)(F)F)cc1)Nc1cccnc1Cl. The number of pyridine rings is 1. The zero-order valence-corrected chi connectivity index (χ0v) is 13.8. The number of benzene rings is 1. The zero-order chi connectivity index (χ0) is 19.2. The summed E-state index contributed by atoms with van der Waals surface area (Å²) in [5.41, 5.74) is -0.139. The van der Waals surface area contributed by atoms with E-state index in [1.165, 1.54) is 30.5 Å². The first kappa shape index (κ1) is 19.5. The molecule has 0 aliphatic rings. The molecule has 1 N–H and O–H groups in total. The number of esters is 1. The number of nitrogens with one attached hydrogen (secondary N) is 1. The summed E-state index contributed by atoms with van der Waals surface area (Å²) in [6, 6.07) is 7.32. The van der Waals surface area contributed by atoms with Gasteiger partial charge in [-0.05, 0) is 35.9 Å². The van der Waals surface area contributed by atoms with E-state index in [2.05, 4.69) is 10.3 Å². The van der Waals surface area contributed by atoms with E-state index in [1.807, 2.05) is 0 Å². The third-order valence-electron chi connectivity index (χ3n) is 3.03. The first-order chi connectivity index (χ1) is 12.3. The van der Waals surface area contributed by atoms with Crippen LogP contribution in [0.25, 0.3) is 6.08 Å². The molecule has 5 nitrogen and oxygen atoms in total. The number of carbonyl (C=O) groups excluding carboxylic acids is 2. The fraction of sp³-hybridized carbons (Fsp3) is 0.118. The highest BCUT2D eigenvalue weighted by Gasteiger charge is 2.29. The summed E-state index contributed by atoms with van der Waals surface area (Å²) >= 11 is 5.77. The molecule has 136 valence electrons. The van der Waals surface area contributed by atoms with Gasteiger partial charge in [0.1, 0.15) is 0 Å². The molecule has 0 spiro atoms. The molecular weight excluding hydrogens is 373 g/mol. The highest BCUT2D eigenvalue weighted by molar-refractivity contribution is 6.32. The lowest BCUT2D eigenvalue weighted by Gasteiger charge is -2.06. The highest BCUT2D eigenvalue weighted by Crippen LogP contribution is 2.29. The largest absolute Gasteiger partial charge is 0.452 e. The monoisotopic (exact) mass is 384 g/mol. The predicted octanol–water partition coefficient (Wildman–Crippen LogP) is 3.95. The normalized spacial score (nSPS) is 11.4. The van der Waals surface area contributed by atoms with Crippen LogP contribution in [-0.4, -0.2) is 23.5 Å². The third kappa shape index (κ3) is 5.89. The molecule has 26 heavy (non-hydrogen) atoms. The molecule has 0 bridgehead atoms. The Labute approximate surface area is 151 Å². The number of aromatic nitrogens is 1. The molecule has 1 amide bonds. The molecule has 1 aromatic carbocycles. The van der Waals surface area contributed by atoms with Crippen LogP contribution in [0.1, 0.15) is 11.1 Å². The number of anilines is 1. The van der Waals surface area contributed by atoms with E-state index in [9.17, 15) is 22.8 Å². The predicted molar refractivity (Wildman–Crippen MR) is 89.3 cm³/mol. The summed E-state index contributed by atoms with van der Waals surface area (Å²) in [5.74, 6) is -1.44.